The largest absolute Gasteiger partial charge is 0.373 e. The lowest BCUT2D eigenvalue weighted by atomic mass is 10.3. The van der Waals surface area contributed by atoms with Crippen molar-refractivity contribution in [3.05, 3.63) is 11.8 Å². The van der Waals surface area contributed by atoms with Crippen molar-refractivity contribution < 1.29 is 0 Å². The summed E-state index contributed by atoms with van der Waals surface area (Å²) in [5, 5.41) is 7.78. The molecule has 1 N–H and O–H groups in total. The third kappa shape index (κ3) is 1.55. The van der Waals surface area contributed by atoms with Crippen molar-refractivity contribution in [1.82, 2.24) is 9.78 Å². The summed E-state index contributed by atoms with van der Waals surface area (Å²) in [6.07, 6.45) is 2.64. The molecule has 0 atom stereocenters. The smallest absolute Gasteiger partial charge is 0.124 e. The number of nitrogens with zero attached hydrogens (tertiary/aromatic N) is 2. The van der Waals surface area contributed by atoms with Gasteiger partial charge in [0, 0.05) is 25.1 Å². The summed E-state index contributed by atoms with van der Waals surface area (Å²) in [5.74, 6) is 1.88. The number of hydrogen-bond acceptors (Lipinski definition) is 2. The predicted octanol–water partition coefficient (Wildman–Crippen LogP) is 2.38. The van der Waals surface area contributed by atoms with E-state index in [9.17, 15) is 0 Å². The molecule has 1 aromatic heterocycles. The van der Waals surface area contributed by atoms with E-state index in [1.807, 2.05) is 7.05 Å². The summed E-state index contributed by atoms with van der Waals surface area (Å²) in [7, 11) is 1.95. The number of hydrogen-bond donors (Lipinski definition) is 1. The molecule has 13 heavy (non-hydrogen) atoms. The van der Waals surface area contributed by atoms with Gasteiger partial charge in [-0.3, -0.25) is 0 Å². The maximum atomic E-state index is 4.60. The summed E-state index contributed by atoms with van der Waals surface area (Å²) >= 11 is 0. The van der Waals surface area contributed by atoms with Crippen LogP contribution in [0.2, 0.25) is 0 Å². The molecule has 1 fully saturated rings. The molecule has 1 heterocycles. The molecule has 0 aliphatic heterocycles. The minimum absolute atomic E-state index is 0.440. The van der Waals surface area contributed by atoms with Crippen molar-refractivity contribution in [3.8, 4) is 0 Å². The fourth-order valence-electron chi connectivity index (χ4n) is 1.57. The van der Waals surface area contributed by atoms with Gasteiger partial charge in [-0.25, -0.2) is 4.68 Å². The zero-order valence-corrected chi connectivity index (χ0v) is 8.54. The van der Waals surface area contributed by atoms with Crippen molar-refractivity contribution in [3.63, 3.8) is 0 Å². The molecule has 2 rings (SSSR count). The van der Waals surface area contributed by atoms with Gasteiger partial charge >= 0.3 is 0 Å². The monoisotopic (exact) mass is 179 g/mol. The van der Waals surface area contributed by atoms with Crippen LogP contribution in [0.5, 0.6) is 0 Å². The van der Waals surface area contributed by atoms with Gasteiger partial charge < -0.3 is 5.32 Å². The third-order valence-electron chi connectivity index (χ3n) is 2.50. The van der Waals surface area contributed by atoms with Crippen LogP contribution < -0.4 is 5.32 Å². The quantitative estimate of drug-likeness (QED) is 0.772. The number of anilines is 1. The highest BCUT2D eigenvalue weighted by atomic mass is 15.3. The summed E-state index contributed by atoms with van der Waals surface area (Å²) in [4.78, 5) is 0. The van der Waals surface area contributed by atoms with Gasteiger partial charge in [-0.1, -0.05) is 0 Å². The first-order valence-electron chi connectivity index (χ1n) is 4.99. The zero-order chi connectivity index (χ0) is 9.42. The molecule has 0 unspecified atom stereocenters. The minimum Gasteiger partial charge on any atom is -0.373 e. The van der Waals surface area contributed by atoms with E-state index in [2.05, 4.69) is 35.0 Å². The lowest BCUT2D eigenvalue weighted by molar-refractivity contribution is 0.533. The second kappa shape index (κ2) is 3.05. The Kier molecular flexibility index (Phi) is 2.02. The topological polar surface area (TPSA) is 29.9 Å². The Morgan fingerprint density at radius 3 is 2.62 bits per heavy atom. The van der Waals surface area contributed by atoms with Crippen molar-refractivity contribution in [2.45, 2.75) is 38.6 Å². The molecular formula is C10H17N3. The second-order valence-electron chi connectivity index (χ2n) is 4.02. The van der Waals surface area contributed by atoms with Gasteiger partial charge in [0.15, 0.2) is 0 Å². The van der Waals surface area contributed by atoms with Gasteiger partial charge in [-0.2, -0.15) is 5.10 Å². The molecule has 1 saturated carbocycles. The maximum absolute atomic E-state index is 4.60. The van der Waals surface area contributed by atoms with Crippen molar-refractivity contribution in [1.29, 1.82) is 0 Å². The lowest BCUT2D eigenvalue weighted by Crippen LogP contribution is -2.07. The predicted molar refractivity (Wildman–Crippen MR) is 54.1 cm³/mol. The van der Waals surface area contributed by atoms with Crippen molar-refractivity contribution in [2.75, 3.05) is 12.4 Å². The molecule has 0 amide bonds. The van der Waals surface area contributed by atoms with E-state index in [0.29, 0.717) is 6.04 Å². The Hall–Kier alpha value is -0.990. The van der Waals surface area contributed by atoms with Crippen LogP contribution in [0.1, 0.15) is 44.3 Å². The molecule has 3 heteroatoms. The second-order valence-corrected chi connectivity index (χ2v) is 4.02. The molecular weight excluding hydrogens is 162 g/mol. The highest BCUT2D eigenvalue weighted by Gasteiger charge is 2.27. The molecule has 1 aliphatic carbocycles. The third-order valence-corrected chi connectivity index (χ3v) is 2.50. The van der Waals surface area contributed by atoms with E-state index in [1.165, 1.54) is 18.5 Å². The Balaban J connectivity index is 2.30. The highest BCUT2D eigenvalue weighted by Crippen LogP contribution is 2.40. The molecule has 72 valence electrons. The molecule has 3 nitrogen and oxygen atoms in total. The summed E-state index contributed by atoms with van der Waals surface area (Å²) in [6.45, 7) is 4.31. The molecule has 0 spiro atoms. The van der Waals surface area contributed by atoms with Crippen LogP contribution in [0, 0.1) is 0 Å². The van der Waals surface area contributed by atoms with Crippen LogP contribution in [-0.2, 0) is 0 Å². The van der Waals surface area contributed by atoms with Gasteiger partial charge in [0.2, 0.25) is 0 Å². The zero-order valence-electron chi connectivity index (χ0n) is 8.54. The minimum atomic E-state index is 0.440. The van der Waals surface area contributed by atoms with Gasteiger partial charge in [-0.15, -0.1) is 0 Å². The fourth-order valence-corrected chi connectivity index (χ4v) is 1.57. The first-order valence-corrected chi connectivity index (χ1v) is 4.99. The van der Waals surface area contributed by atoms with Crippen LogP contribution >= 0.6 is 0 Å². The molecule has 1 aliphatic rings. The normalized spacial score (nSPS) is 16.6. The van der Waals surface area contributed by atoms with Gasteiger partial charge in [0.25, 0.3) is 0 Å². The molecule has 0 aromatic carbocycles. The number of nitrogens with one attached hydrogen (secondary N) is 1. The Morgan fingerprint density at radius 2 is 2.23 bits per heavy atom. The summed E-state index contributed by atoms with van der Waals surface area (Å²) in [5.41, 5.74) is 1.26. The Labute approximate surface area is 79.1 Å². The van der Waals surface area contributed by atoms with Crippen LogP contribution in [0.4, 0.5) is 5.82 Å². The van der Waals surface area contributed by atoms with Crippen LogP contribution in [0.25, 0.3) is 0 Å². The van der Waals surface area contributed by atoms with E-state index in [0.717, 1.165) is 11.7 Å². The van der Waals surface area contributed by atoms with Gasteiger partial charge in [0.1, 0.15) is 5.82 Å². The highest BCUT2D eigenvalue weighted by molar-refractivity contribution is 5.38. The van der Waals surface area contributed by atoms with E-state index < -0.39 is 0 Å². The molecule has 0 bridgehead atoms. The average Bonchev–Trinajstić information content (AvgIpc) is 2.84. The summed E-state index contributed by atoms with van der Waals surface area (Å²) in [6, 6.07) is 2.62. The lowest BCUT2D eigenvalue weighted by Gasteiger charge is -2.09. The number of rotatable bonds is 3. The van der Waals surface area contributed by atoms with Crippen LogP contribution in [0.15, 0.2) is 6.07 Å². The molecule has 0 saturated heterocycles. The number of aromatic nitrogens is 2. The van der Waals surface area contributed by atoms with Gasteiger partial charge in [0.05, 0.1) is 5.69 Å². The summed E-state index contributed by atoms with van der Waals surface area (Å²) < 4.78 is 2.06. The first kappa shape index (κ1) is 8.60. The average molecular weight is 179 g/mol. The van der Waals surface area contributed by atoms with E-state index in [-0.39, 0.29) is 0 Å². The Morgan fingerprint density at radius 1 is 1.54 bits per heavy atom. The fraction of sp³-hybridized carbons (Fsp3) is 0.700. The SMILES string of the molecule is CNc1cc(C2CC2)nn1C(C)C. The van der Waals surface area contributed by atoms with Crippen molar-refractivity contribution in [2.24, 2.45) is 0 Å². The standard InChI is InChI=1S/C10H17N3/c1-7(2)13-10(11-3)6-9(12-13)8-4-5-8/h6-8,11H,4-5H2,1-3H3. The van der Waals surface area contributed by atoms with E-state index in [4.69, 9.17) is 0 Å². The van der Waals surface area contributed by atoms with E-state index in [1.54, 1.807) is 0 Å². The van der Waals surface area contributed by atoms with Gasteiger partial charge in [-0.05, 0) is 26.7 Å². The van der Waals surface area contributed by atoms with Crippen LogP contribution in [-0.4, -0.2) is 16.8 Å². The Bertz CT molecular complexity index is 297. The van der Waals surface area contributed by atoms with Crippen LogP contribution in [0.3, 0.4) is 0 Å². The van der Waals surface area contributed by atoms with E-state index >= 15 is 0 Å². The molecule has 0 radical (unpaired) electrons. The van der Waals surface area contributed by atoms with Crippen molar-refractivity contribution >= 4 is 5.82 Å². The molecule has 1 aromatic rings. The maximum Gasteiger partial charge on any atom is 0.124 e. The first-order chi connectivity index (χ1) is 6.22.